The van der Waals surface area contributed by atoms with Gasteiger partial charge in [0.15, 0.2) is 0 Å². The number of carbonyl (C=O) groups is 2. The molecule has 9 heteroatoms. The van der Waals surface area contributed by atoms with Crippen LogP contribution in [0.15, 0.2) is 24.3 Å². The predicted octanol–water partition coefficient (Wildman–Crippen LogP) is 2.50. The Morgan fingerprint density at radius 1 is 1.14 bits per heavy atom. The molecule has 1 saturated heterocycles. The molecule has 0 N–H and O–H groups in total. The van der Waals surface area contributed by atoms with Gasteiger partial charge in [-0.1, -0.05) is 0 Å². The third-order valence-corrected chi connectivity index (χ3v) is 4.49. The lowest BCUT2D eigenvalue weighted by molar-refractivity contribution is -0.384. The SMILES string of the molecule is CN(C(=O)CCN1CCN(C(=O)OC(C)(C)C)CC1)c1ccc([N+](=O)[O-])cc1. The van der Waals surface area contributed by atoms with Crippen molar-refractivity contribution in [2.75, 3.05) is 44.7 Å². The molecule has 28 heavy (non-hydrogen) atoms. The molecule has 0 saturated carbocycles. The number of non-ortho nitro benzene ring substituents is 1. The molecule has 0 spiro atoms. The van der Waals surface area contributed by atoms with Crippen LogP contribution in [0.1, 0.15) is 27.2 Å². The number of piperazine rings is 1. The number of amides is 2. The van der Waals surface area contributed by atoms with Gasteiger partial charge < -0.3 is 14.5 Å². The molecule has 0 radical (unpaired) electrons. The van der Waals surface area contributed by atoms with E-state index in [0.717, 1.165) is 0 Å². The minimum atomic E-state index is -0.511. The first-order valence-corrected chi connectivity index (χ1v) is 9.28. The van der Waals surface area contributed by atoms with Gasteiger partial charge >= 0.3 is 6.09 Å². The summed E-state index contributed by atoms with van der Waals surface area (Å²) in [5.74, 6) is -0.0663. The first kappa shape index (κ1) is 21.6. The van der Waals surface area contributed by atoms with Gasteiger partial charge in [0.2, 0.25) is 5.91 Å². The highest BCUT2D eigenvalue weighted by Gasteiger charge is 2.26. The number of nitro groups is 1. The van der Waals surface area contributed by atoms with Gasteiger partial charge in [0.25, 0.3) is 5.69 Å². The number of anilines is 1. The van der Waals surface area contributed by atoms with Crippen LogP contribution in [-0.4, -0.2) is 72.1 Å². The van der Waals surface area contributed by atoms with E-state index in [4.69, 9.17) is 4.74 Å². The smallest absolute Gasteiger partial charge is 0.410 e. The van der Waals surface area contributed by atoms with Gasteiger partial charge in [-0.15, -0.1) is 0 Å². The Labute approximate surface area is 165 Å². The Morgan fingerprint density at radius 2 is 1.71 bits per heavy atom. The van der Waals surface area contributed by atoms with Crippen LogP contribution in [0.3, 0.4) is 0 Å². The summed E-state index contributed by atoms with van der Waals surface area (Å²) in [4.78, 5) is 40.1. The highest BCUT2D eigenvalue weighted by atomic mass is 16.6. The van der Waals surface area contributed by atoms with Crippen molar-refractivity contribution in [1.29, 1.82) is 0 Å². The summed E-state index contributed by atoms with van der Waals surface area (Å²) in [6.45, 7) is 8.64. The molecule has 1 heterocycles. The van der Waals surface area contributed by atoms with Crippen LogP contribution < -0.4 is 4.90 Å². The van der Waals surface area contributed by atoms with Crippen LogP contribution in [0.2, 0.25) is 0 Å². The zero-order chi connectivity index (χ0) is 20.9. The normalized spacial score (nSPS) is 15.2. The summed E-state index contributed by atoms with van der Waals surface area (Å²) in [6, 6.07) is 5.90. The standard InChI is InChI=1S/C19H28N4O5/c1-19(2,3)28-18(25)22-13-11-21(12-14-22)10-9-17(24)20(4)15-5-7-16(8-6-15)23(26)27/h5-8H,9-14H2,1-4H3. The number of hydrogen-bond donors (Lipinski definition) is 0. The molecule has 2 rings (SSSR count). The second-order valence-corrected chi connectivity index (χ2v) is 7.79. The number of nitro benzene ring substituents is 1. The number of nitrogens with zero attached hydrogens (tertiary/aromatic N) is 4. The van der Waals surface area contributed by atoms with E-state index in [-0.39, 0.29) is 17.7 Å². The number of hydrogen-bond acceptors (Lipinski definition) is 6. The van der Waals surface area contributed by atoms with Gasteiger partial charge in [-0.25, -0.2) is 4.79 Å². The minimum Gasteiger partial charge on any atom is -0.444 e. The molecular formula is C19H28N4O5. The molecule has 1 aromatic carbocycles. The van der Waals surface area contributed by atoms with Crippen molar-refractivity contribution in [3.8, 4) is 0 Å². The van der Waals surface area contributed by atoms with Crippen LogP contribution in [0.5, 0.6) is 0 Å². The van der Waals surface area contributed by atoms with E-state index >= 15 is 0 Å². The van der Waals surface area contributed by atoms with Crippen molar-refractivity contribution in [2.45, 2.75) is 32.8 Å². The fraction of sp³-hybridized carbons (Fsp3) is 0.579. The van der Waals surface area contributed by atoms with Gasteiger partial charge in [0, 0.05) is 64.0 Å². The summed E-state index contributed by atoms with van der Waals surface area (Å²) in [6.07, 6.45) is 0.0288. The molecule has 1 aromatic rings. The van der Waals surface area contributed by atoms with Crippen molar-refractivity contribution in [2.24, 2.45) is 0 Å². The van der Waals surface area contributed by atoms with E-state index in [0.29, 0.717) is 44.8 Å². The lowest BCUT2D eigenvalue weighted by Gasteiger charge is -2.35. The van der Waals surface area contributed by atoms with Gasteiger partial charge in [0.05, 0.1) is 4.92 Å². The highest BCUT2D eigenvalue weighted by Crippen LogP contribution is 2.19. The predicted molar refractivity (Wildman–Crippen MR) is 105 cm³/mol. The lowest BCUT2D eigenvalue weighted by Crippen LogP contribution is -2.50. The zero-order valence-corrected chi connectivity index (χ0v) is 16.9. The van der Waals surface area contributed by atoms with E-state index in [2.05, 4.69) is 4.90 Å². The van der Waals surface area contributed by atoms with Crippen molar-refractivity contribution >= 4 is 23.4 Å². The quantitative estimate of drug-likeness (QED) is 0.564. The molecule has 0 unspecified atom stereocenters. The molecule has 0 atom stereocenters. The number of rotatable bonds is 5. The van der Waals surface area contributed by atoms with Gasteiger partial charge in [0.1, 0.15) is 5.60 Å². The molecule has 154 valence electrons. The molecule has 9 nitrogen and oxygen atoms in total. The molecule has 0 aromatic heterocycles. The topological polar surface area (TPSA) is 96.2 Å². The third-order valence-electron chi connectivity index (χ3n) is 4.49. The Balaban J connectivity index is 1.77. The van der Waals surface area contributed by atoms with Crippen LogP contribution >= 0.6 is 0 Å². The fourth-order valence-corrected chi connectivity index (χ4v) is 2.84. The van der Waals surface area contributed by atoms with E-state index < -0.39 is 10.5 Å². The van der Waals surface area contributed by atoms with E-state index in [1.54, 1.807) is 24.1 Å². The Morgan fingerprint density at radius 3 is 2.21 bits per heavy atom. The third kappa shape index (κ3) is 6.19. The number of benzene rings is 1. The second-order valence-electron chi connectivity index (χ2n) is 7.79. The van der Waals surface area contributed by atoms with Crippen LogP contribution in [0, 0.1) is 10.1 Å². The fourth-order valence-electron chi connectivity index (χ4n) is 2.84. The molecule has 0 aliphatic carbocycles. The van der Waals surface area contributed by atoms with E-state index in [9.17, 15) is 19.7 Å². The molecule has 1 aliphatic rings. The largest absolute Gasteiger partial charge is 0.444 e. The van der Waals surface area contributed by atoms with Gasteiger partial charge in [-0.3, -0.25) is 19.8 Å². The maximum atomic E-state index is 12.4. The molecule has 1 fully saturated rings. The summed E-state index contributed by atoms with van der Waals surface area (Å²) in [5, 5.41) is 10.7. The van der Waals surface area contributed by atoms with Crippen molar-refractivity contribution < 1.29 is 19.2 Å². The molecule has 2 amide bonds. The number of ether oxygens (including phenoxy) is 1. The monoisotopic (exact) mass is 392 g/mol. The van der Waals surface area contributed by atoms with E-state index in [1.807, 2.05) is 20.8 Å². The lowest BCUT2D eigenvalue weighted by atomic mass is 10.2. The minimum absolute atomic E-state index is 0.00698. The highest BCUT2D eigenvalue weighted by molar-refractivity contribution is 5.93. The van der Waals surface area contributed by atoms with Gasteiger partial charge in [-0.2, -0.15) is 0 Å². The van der Waals surface area contributed by atoms with Crippen LogP contribution in [-0.2, 0) is 9.53 Å². The first-order chi connectivity index (χ1) is 13.1. The summed E-state index contributed by atoms with van der Waals surface area (Å²) >= 11 is 0. The summed E-state index contributed by atoms with van der Waals surface area (Å²) < 4.78 is 5.38. The zero-order valence-electron chi connectivity index (χ0n) is 16.9. The number of carbonyl (C=O) groups excluding carboxylic acids is 2. The van der Waals surface area contributed by atoms with Crippen LogP contribution in [0.4, 0.5) is 16.2 Å². The van der Waals surface area contributed by atoms with Crippen molar-refractivity contribution in [1.82, 2.24) is 9.80 Å². The van der Waals surface area contributed by atoms with Gasteiger partial charge in [-0.05, 0) is 32.9 Å². The maximum Gasteiger partial charge on any atom is 0.410 e. The van der Waals surface area contributed by atoms with Crippen molar-refractivity contribution in [3.05, 3.63) is 34.4 Å². The Kier molecular flexibility index (Phi) is 6.95. The average molecular weight is 392 g/mol. The first-order valence-electron chi connectivity index (χ1n) is 9.28. The van der Waals surface area contributed by atoms with Crippen LogP contribution in [0.25, 0.3) is 0 Å². The summed E-state index contributed by atoms with van der Waals surface area (Å²) in [5.41, 5.74) is 0.0983. The Bertz CT molecular complexity index is 706. The molecule has 1 aliphatic heterocycles. The second kappa shape index (κ2) is 9.01. The van der Waals surface area contributed by atoms with Crippen molar-refractivity contribution in [3.63, 3.8) is 0 Å². The molecular weight excluding hydrogens is 364 g/mol. The molecule has 0 bridgehead atoms. The Hall–Kier alpha value is -2.68. The average Bonchev–Trinajstić information content (AvgIpc) is 2.64. The maximum absolute atomic E-state index is 12.4. The summed E-state index contributed by atoms with van der Waals surface area (Å²) in [7, 11) is 1.66. The van der Waals surface area contributed by atoms with E-state index in [1.165, 1.54) is 17.0 Å².